The molecule has 16 heavy (non-hydrogen) atoms. The average Bonchev–Trinajstić information content (AvgIpc) is 2.26. The summed E-state index contributed by atoms with van der Waals surface area (Å²) in [6.45, 7) is 6.25. The smallest absolute Gasteiger partial charge is 0.177 e. The molecular weight excluding hydrogens is 224 g/mol. The van der Waals surface area contributed by atoms with Crippen molar-refractivity contribution in [1.29, 1.82) is 0 Å². The van der Waals surface area contributed by atoms with Crippen molar-refractivity contribution in [3.63, 3.8) is 0 Å². The van der Waals surface area contributed by atoms with Gasteiger partial charge in [0.05, 0.1) is 13.0 Å². The number of benzene rings is 1. The summed E-state index contributed by atoms with van der Waals surface area (Å²) in [6, 6.07) is 5.43. The van der Waals surface area contributed by atoms with Crippen molar-refractivity contribution in [2.45, 2.75) is 26.2 Å². The number of hydrogen-bond acceptors (Lipinski definition) is 2. The quantitative estimate of drug-likeness (QED) is 0.598. The van der Waals surface area contributed by atoms with Crippen LogP contribution in [-0.4, -0.2) is 18.8 Å². The standard InChI is InChI=1S/C13H17ClO2/c1-13(2,3)10-7-9(11(15)8-14)5-6-12(10)16-4/h5-7H,8H2,1-4H3. The van der Waals surface area contributed by atoms with Crippen LogP contribution in [0.15, 0.2) is 18.2 Å². The Bertz CT molecular complexity index is 391. The van der Waals surface area contributed by atoms with E-state index >= 15 is 0 Å². The van der Waals surface area contributed by atoms with Gasteiger partial charge in [-0.05, 0) is 23.6 Å². The molecule has 0 spiro atoms. The van der Waals surface area contributed by atoms with E-state index in [2.05, 4.69) is 20.8 Å². The van der Waals surface area contributed by atoms with Crippen LogP contribution in [0.2, 0.25) is 0 Å². The van der Waals surface area contributed by atoms with Gasteiger partial charge in [-0.1, -0.05) is 20.8 Å². The van der Waals surface area contributed by atoms with Crippen LogP contribution in [0.1, 0.15) is 36.7 Å². The van der Waals surface area contributed by atoms with Crippen LogP contribution in [0.4, 0.5) is 0 Å². The third-order valence-corrected chi connectivity index (χ3v) is 2.69. The molecule has 1 aromatic carbocycles. The zero-order valence-corrected chi connectivity index (χ0v) is 10.9. The first-order valence-corrected chi connectivity index (χ1v) is 5.71. The molecule has 88 valence electrons. The van der Waals surface area contributed by atoms with E-state index in [1.54, 1.807) is 13.2 Å². The van der Waals surface area contributed by atoms with Gasteiger partial charge >= 0.3 is 0 Å². The summed E-state index contributed by atoms with van der Waals surface area (Å²) in [5.74, 6) is 0.754. The zero-order valence-electron chi connectivity index (χ0n) is 10.1. The Labute approximate surface area is 102 Å². The van der Waals surface area contributed by atoms with Crippen LogP contribution in [0.5, 0.6) is 5.75 Å². The number of ketones is 1. The summed E-state index contributed by atoms with van der Waals surface area (Å²) in [5.41, 5.74) is 1.60. The minimum absolute atomic E-state index is 0.00983. The predicted octanol–water partition coefficient (Wildman–Crippen LogP) is 3.41. The highest BCUT2D eigenvalue weighted by Crippen LogP contribution is 2.32. The first-order chi connectivity index (χ1) is 7.40. The van der Waals surface area contributed by atoms with E-state index in [9.17, 15) is 4.79 Å². The van der Waals surface area contributed by atoms with Gasteiger partial charge in [0.1, 0.15) is 5.75 Å². The first-order valence-electron chi connectivity index (χ1n) is 5.18. The Kier molecular flexibility index (Phi) is 3.98. The Morgan fingerprint density at radius 2 is 2.00 bits per heavy atom. The lowest BCUT2D eigenvalue weighted by atomic mass is 9.85. The van der Waals surface area contributed by atoms with Crippen LogP contribution in [0.3, 0.4) is 0 Å². The van der Waals surface area contributed by atoms with E-state index < -0.39 is 0 Å². The summed E-state index contributed by atoms with van der Waals surface area (Å²) in [5, 5.41) is 0. The maximum atomic E-state index is 11.5. The zero-order chi connectivity index (χ0) is 12.3. The fourth-order valence-electron chi connectivity index (χ4n) is 1.54. The monoisotopic (exact) mass is 240 g/mol. The highest BCUT2D eigenvalue weighted by Gasteiger charge is 2.20. The molecule has 0 radical (unpaired) electrons. The normalized spacial score (nSPS) is 11.3. The van der Waals surface area contributed by atoms with E-state index in [0.717, 1.165) is 11.3 Å². The van der Waals surface area contributed by atoms with Gasteiger partial charge in [-0.2, -0.15) is 0 Å². The average molecular weight is 241 g/mol. The molecule has 0 saturated carbocycles. The summed E-state index contributed by atoms with van der Waals surface area (Å²) >= 11 is 5.55. The Morgan fingerprint density at radius 1 is 1.38 bits per heavy atom. The number of rotatable bonds is 3. The summed E-state index contributed by atoms with van der Waals surface area (Å²) in [6.07, 6.45) is 0. The molecule has 2 nitrogen and oxygen atoms in total. The molecule has 1 rings (SSSR count). The lowest BCUT2D eigenvalue weighted by molar-refractivity contribution is 0.102. The minimum Gasteiger partial charge on any atom is -0.496 e. The number of halogens is 1. The van der Waals surface area contributed by atoms with E-state index in [1.807, 2.05) is 12.1 Å². The maximum Gasteiger partial charge on any atom is 0.177 e. The van der Waals surface area contributed by atoms with Crippen LogP contribution in [-0.2, 0) is 5.41 Å². The second-order valence-electron chi connectivity index (χ2n) is 4.72. The van der Waals surface area contributed by atoms with Crippen molar-refractivity contribution in [3.05, 3.63) is 29.3 Å². The molecule has 0 saturated heterocycles. The molecule has 0 heterocycles. The number of carbonyl (C=O) groups is 1. The maximum absolute atomic E-state index is 11.5. The minimum atomic E-state index is -0.0616. The van der Waals surface area contributed by atoms with Crippen LogP contribution < -0.4 is 4.74 Å². The van der Waals surface area contributed by atoms with Crippen molar-refractivity contribution in [2.75, 3.05) is 13.0 Å². The van der Waals surface area contributed by atoms with Gasteiger partial charge in [0, 0.05) is 11.1 Å². The molecule has 0 aromatic heterocycles. The summed E-state index contributed by atoms with van der Waals surface area (Å²) in [4.78, 5) is 11.5. The van der Waals surface area contributed by atoms with Crippen LogP contribution in [0, 0.1) is 0 Å². The van der Waals surface area contributed by atoms with Gasteiger partial charge in [0.15, 0.2) is 5.78 Å². The molecule has 0 bridgehead atoms. The van der Waals surface area contributed by atoms with Gasteiger partial charge in [-0.3, -0.25) is 4.79 Å². The SMILES string of the molecule is COc1ccc(C(=O)CCl)cc1C(C)(C)C. The number of carbonyl (C=O) groups excluding carboxylic acids is 1. The van der Waals surface area contributed by atoms with Gasteiger partial charge < -0.3 is 4.74 Å². The van der Waals surface area contributed by atoms with Crippen LogP contribution in [0.25, 0.3) is 0 Å². The van der Waals surface area contributed by atoms with Gasteiger partial charge in [0.2, 0.25) is 0 Å². The largest absolute Gasteiger partial charge is 0.496 e. The Hall–Kier alpha value is -1.02. The van der Waals surface area contributed by atoms with Crippen molar-refractivity contribution < 1.29 is 9.53 Å². The molecule has 0 aliphatic rings. The number of Topliss-reactive ketones (excluding diaryl/α,β-unsaturated/α-hetero) is 1. The first kappa shape index (κ1) is 13.0. The Morgan fingerprint density at radius 3 is 2.44 bits per heavy atom. The summed E-state index contributed by atoms with van der Waals surface area (Å²) in [7, 11) is 1.63. The van der Waals surface area contributed by atoms with Gasteiger partial charge in [-0.25, -0.2) is 0 Å². The van der Waals surface area contributed by atoms with Crippen LogP contribution >= 0.6 is 11.6 Å². The molecule has 0 N–H and O–H groups in total. The molecular formula is C13H17ClO2. The van der Waals surface area contributed by atoms with Gasteiger partial charge in [0.25, 0.3) is 0 Å². The molecule has 0 amide bonds. The van der Waals surface area contributed by atoms with E-state index in [4.69, 9.17) is 16.3 Å². The Balaban J connectivity index is 3.27. The molecule has 0 fully saturated rings. The van der Waals surface area contributed by atoms with Crippen molar-refractivity contribution in [2.24, 2.45) is 0 Å². The van der Waals surface area contributed by atoms with E-state index in [1.165, 1.54) is 0 Å². The highest BCUT2D eigenvalue weighted by molar-refractivity contribution is 6.30. The van der Waals surface area contributed by atoms with Crippen molar-refractivity contribution in [3.8, 4) is 5.75 Å². The van der Waals surface area contributed by atoms with E-state index in [0.29, 0.717) is 5.56 Å². The molecule has 0 aliphatic heterocycles. The second kappa shape index (κ2) is 4.88. The fourth-order valence-corrected chi connectivity index (χ4v) is 1.70. The summed E-state index contributed by atoms with van der Waals surface area (Å²) < 4.78 is 5.30. The van der Waals surface area contributed by atoms with Crippen molar-refractivity contribution >= 4 is 17.4 Å². The van der Waals surface area contributed by atoms with E-state index in [-0.39, 0.29) is 17.1 Å². The van der Waals surface area contributed by atoms with Gasteiger partial charge in [-0.15, -0.1) is 11.6 Å². The lowest BCUT2D eigenvalue weighted by Crippen LogP contribution is -2.14. The second-order valence-corrected chi connectivity index (χ2v) is 4.99. The highest BCUT2D eigenvalue weighted by atomic mass is 35.5. The fraction of sp³-hybridized carbons (Fsp3) is 0.462. The topological polar surface area (TPSA) is 26.3 Å². The number of hydrogen-bond donors (Lipinski definition) is 0. The molecule has 3 heteroatoms. The molecule has 0 unspecified atom stereocenters. The lowest BCUT2D eigenvalue weighted by Gasteiger charge is -2.22. The number of methoxy groups -OCH3 is 1. The predicted molar refractivity (Wildman–Crippen MR) is 66.7 cm³/mol. The molecule has 0 atom stereocenters. The third kappa shape index (κ3) is 2.76. The van der Waals surface area contributed by atoms with Crippen molar-refractivity contribution in [1.82, 2.24) is 0 Å². The number of ether oxygens (including phenoxy) is 1. The molecule has 0 aliphatic carbocycles. The number of alkyl halides is 1. The molecule has 1 aromatic rings. The third-order valence-electron chi connectivity index (χ3n) is 2.45.